The van der Waals surface area contributed by atoms with E-state index in [4.69, 9.17) is 0 Å². The Hall–Kier alpha value is -1.88. The highest BCUT2D eigenvalue weighted by Crippen LogP contribution is 2.19. The first kappa shape index (κ1) is 19.9. The molecule has 0 unspecified atom stereocenters. The average Bonchev–Trinajstić information content (AvgIpc) is 3.09. The van der Waals surface area contributed by atoms with Gasteiger partial charge in [0, 0.05) is 31.4 Å². The van der Waals surface area contributed by atoms with Crippen molar-refractivity contribution in [3.05, 3.63) is 35.6 Å². The molecule has 0 radical (unpaired) electrons. The van der Waals surface area contributed by atoms with Gasteiger partial charge in [-0.3, -0.25) is 14.7 Å². The zero-order valence-electron chi connectivity index (χ0n) is 15.2. The number of piperidine rings is 1. The molecule has 146 valence electrons. The molecule has 27 heavy (non-hydrogen) atoms. The Morgan fingerprint density at radius 2 is 2.11 bits per heavy atom. The zero-order chi connectivity index (χ0) is 19.3. The highest BCUT2D eigenvalue weighted by Gasteiger charge is 2.23. The minimum Gasteiger partial charge on any atom is -0.301 e. The maximum absolute atomic E-state index is 12.4. The van der Waals surface area contributed by atoms with Crippen LogP contribution in [0.3, 0.4) is 0 Å². The van der Waals surface area contributed by atoms with Crippen molar-refractivity contribution in [3.8, 4) is 0 Å². The lowest BCUT2D eigenvalue weighted by atomic mass is 10.1. The van der Waals surface area contributed by atoms with Crippen molar-refractivity contribution >= 4 is 32.4 Å². The van der Waals surface area contributed by atoms with Crippen molar-refractivity contribution in [1.29, 1.82) is 0 Å². The summed E-state index contributed by atoms with van der Waals surface area (Å²) >= 11 is 1.35. The number of hydrogen-bond acceptors (Lipinski definition) is 7. The summed E-state index contributed by atoms with van der Waals surface area (Å²) in [5.74, 6) is -0.427. The van der Waals surface area contributed by atoms with Crippen LogP contribution in [0, 0.1) is 0 Å². The number of hydrogen-bond donors (Lipinski definition) is 1. The molecule has 8 nitrogen and oxygen atoms in total. The molecule has 1 saturated heterocycles. The Bertz CT molecular complexity index is 864. The summed E-state index contributed by atoms with van der Waals surface area (Å²) in [6.07, 6.45) is 6.47. The van der Waals surface area contributed by atoms with Crippen molar-refractivity contribution in [3.63, 3.8) is 0 Å². The van der Waals surface area contributed by atoms with E-state index < -0.39 is 15.9 Å². The first-order valence-electron chi connectivity index (χ1n) is 8.78. The maximum atomic E-state index is 12.4. The van der Waals surface area contributed by atoms with Gasteiger partial charge in [0.25, 0.3) is 0 Å². The molecule has 0 aliphatic carbocycles. The second-order valence-electron chi connectivity index (χ2n) is 6.48. The van der Waals surface area contributed by atoms with Gasteiger partial charge in [0.1, 0.15) is 4.90 Å². The van der Waals surface area contributed by atoms with Gasteiger partial charge in [-0.25, -0.2) is 13.4 Å². The number of nitrogens with zero attached hydrogens (tertiary/aromatic N) is 4. The van der Waals surface area contributed by atoms with E-state index in [2.05, 4.69) is 20.2 Å². The molecule has 1 aliphatic heterocycles. The molecule has 3 rings (SSSR count). The maximum Gasteiger partial charge on any atom is 0.244 e. The van der Waals surface area contributed by atoms with Gasteiger partial charge in [-0.15, -0.1) is 11.3 Å². The van der Waals surface area contributed by atoms with Gasteiger partial charge >= 0.3 is 0 Å². The summed E-state index contributed by atoms with van der Waals surface area (Å²) in [6, 6.07) is 2.99. The number of pyridine rings is 1. The number of carbonyl (C=O) groups is 1. The molecule has 10 heteroatoms. The molecule has 2 aromatic heterocycles. The first-order chi connectivity index (χ1) is 12.9. The third kappa shape index (κ3) is 5.32. The van der Waals surface area contributed by atoms with Gasteiger partial charge in [-0.05, 0) is 38.1 Å². The minimum atomic E-state index is -3.75. The van der Waals surface area contributed by atoms with Crippen LogP contribution in [-0.2, 0) is 21.4 Å². The molecule has 1 N–H and O–H groups in total. The van der Waals surface area contributed by atoms with Crippen LogP contribution >= 0.6 is 11.3 Å². The van der Waals surface area contributed by atoms with E-state index >= 15 is 0 Å². The fourth-order valence-corrected chi connectivity index (χ4v) is 4.72. The Morgan fingerprint density at radius 1 is 1.33 bits per heavy atom. The van der Waals surface area contributed by atoms with Crippen LogP contribution in [0.4, 0.5) is 5.13 Å². The summed E-state index contributed by atoms with van der Waals surface area (Å²) in [7, 11) is -2.39. The molecule has 2 aromatic rings. The predicted molar refractivity (Wildman–Crippen MR) is 104 cm³/mol. The summed E-state index contributed by atoms with van der Waals surface area (Å²) in [5.41, 5.74) is 0.925. The number of rotatable bonds is 7. The van der Waals surface area contributed by atoms with E-state index in [9.17, 15) is 13.2 Å². The van der Waals surface area contributed by atoms with Crippen molar-refractivity contribution < 1.29 is 13.2 Å². The summed E-state index contributed by atoms with van der Waals surface area (Å²) in [4.78, 5) is 22.9. The van der Waals surface area contributed by atoms with Gasteiger partial charge in [0.15, 0.2) is 5.13 Å². The number of nitrogens with one attached hydrogen (secondary N) is 1. The smallest absolute Gasteiger partial charge is 0.244 e. The first-order valence-corrected chi connectivity index (χ1v) is 11.1. The van der Waals surface area contributed by atoms with Crippen molar-refractivity contribution in [2.45, 2.75) is 30.7 Å². The molecule has 3 heterocycles. The van der Waals surface area contributed by atoms with Crippen LogP contribution in [0.2, 0.25) is 0 Å². The number of likely N-dealkylation sites (N-methyl/N-ethyl adjacent to an activating group) is 1. The number of amides is 1. The van der Waals surface area contributed by atoms with E-state index in [0.29, 0.717) is 5.13 Å². The predicted octanol–water partition coefficient (Wildman–Crippen LogP) is 1.78. The zero-order valence-corrected chi connectivity index (χ0v) is 16.8. The fraction of sp³-hybridized carbons (Fsp3) is 0.471. The number of thiazole rings is 1. The van der Waals surface area contributed by atoms with E-state index in [0.717, 1.165) is 29.6 Å². The molecule has 1 fully saturated rings. The van der Waals surface area contributed by atoms with Crippen LogP contribution in [0.25, 0.3) is 0 Å². The van der Waals surface area contributed by atoms with Crippen LogP contribution < -0.4 is 5.32 Å². The topological polar surface area (TPSA) is 95.5 Å². The number of likely N-dealkylation sites (tertiary alicyclic amines) is 1. The number of carbonyl (C=O) groups excluding carboxylic acids is 1. The highest BCUT2D eigenvalue weighted by atomic mass is 32.2. The van der Waals surface area contributed by atoms with Crippen LogP contribution in [0.15, 0.2) is 34.8 Å². The minimum absolute atomic E-state index is 0.0540. The second-order valence-corrected chi connectivity index (χ2v) is 9.38. The molecule has 1 amide bonds. The molecular weight excluding hydrogens is 386 g/mol. The number of sulfonamides is 1. The van der Waals surface area contributed by atoms with Gasteiger partial charge in [-0.1, -0.05) is 6.42 Å². The SMILES string of the molecule is CN(CC(=O)Nc1nc(CN2CCCCC2)cs1)S(=O)(=O)c1cccnc1. The summed E-state index contributed by atoms with van der Waals surface area (Å²) in [6.45, 7) is 2.65. The highest BCUT2D eigenvalue weighted by molar-refractivity contribution is 7.89. The van der Waals surface area contributed by atoms with Gasteiger partial charge in [-0.2, -0.15) is 4.31 Å². The van der Waals surface area contributed by atoms with E-state index in [1.807, 2.05) is 5.38 Å². The third-order valence-corrected chi connectivity index (χ3v) is 6.93. The van der Waals surface area contributed by atoms with Crippen molar-refractivity contribution in [2.75, 3.05) is 32.0 Å². The average molecular weight is 410 g/mol. The van der Waals surface area contributed by atoms with Crippen molar-refractivity contribution in [2.24, 2.45) is 0 Å². The van der Waals surface area contributed by atoms with Crippen LogP contribution in [0.5, 0.6) is 0 Å². The second kappa shape index (κ2) is 8.87. The lowest BCUT2D eigenvalue weighted by Crippen LogP contribution is -2.35. The lowest BCUT2D eigenvalue weighted by molar-refractivity contribution is -0.116. The van der Waals surface area contributed by atoms with E-state index in [-0.39, 0.29) is 11.4 Å². The van der Waals surface area contributed by atoms with Crippen molar-refractivity contribution in [1.82, 2.24) is 19.2 Å². The van der Waals surface area contributed by atoms with Crippen LogP contribution in [0.1, 0.15) is 25.0 Å². The molecule has 0 saturated carbocycles. The lowest BCUT2D eigenvalue weighted by Gasteiger charge is -2.25. The largest absolute Gasteiger partial charge is 0.301 e. The Balaban J connectivity index is 1.54. The van der Waals surface area contributed by atoms with E-state index in [1.54, 1.807) is 6.07 Å². The molecular formula is C17H23N5O3S2. The fourth-order valence-electron chi connectivity index (χ4n) is 2.91. The van der Waals surface area contributed by atoms with Gasteiger partial charge in [0.05, 0.1) is 12.2 Å². The molecule has 0 bridgehead atoms. The Kier molecular flexibility index (Phi) is 6.53. The summed E-state index contributed by atoms with van der Waals surface area (Å²) in [5, 5.41) is 5.10. The quantitative estimate of drug-likeness (QED) is 0.749. The third-order valence-electron chi connectivity index (χ3n) is 4.34. The normalized spacial score (nSPS) is 15.8. The molecule has 0 atom stereocenters. The molecule has 0 aromatic carbocycles. The molecule has 0 spiro atoms. The monoisotopic (exact) mass is 409 g/mol. The van der Waals surface area contributed by atoms with E-state index in [1.165, 1.54) is 56.1 Å². The van der Waals surface area contributed by atoms with Crippen LogP contribution in [-0.4, -0.2) is 60.2 Å². The van der Waals surface area contributed by atoms with Gasteiger partial charge < -0.3 is 5.32 Å². The number of anilines is 1. The summed E-state index contributed by atoms with van der Waals surface area (Å²) < 4.78 is 25.9. The molecule has 1 aliphatic rings. The Morgan fingerprint density at radius 3 is 2.81 bits per heavy atom. The number of aromatic nitrogens is 2. The standard InChI is InChI=1S/C17H23N5O3S2/c1-21(27(24,25)15-6-5-7-18-10-15)12-16(23)20-17-19-14(13-26-17)11-22-8-3-2-4-9-22/h5-7,10,13H,2-4,8-9,11-12H2,1H3,(H,19,20,23). The van der Waals surface area contributed by atoms with Gasteiger partial charge in [0.2, 0.25) is 15.9 Å². The Labute approximate surface area is 163 Å².